The molecule has 2 aromatic rings. The van der Waals surface area contributed by atoms with Crippen LogP contribution in [0.4, 0.5) is 4.39 Å². The topological polar surface area (TPSA) is 60.0 Å². The Bertz CT molecular complexity index is 651. The number of rotatable bonds is 13. The van der Waals surface area contributed by atoms with Crippen LogP contribution in [-0.4, -0.2) is 51.2 Å². The Kier molecular flexibility index (Phi) is 9.79. The van der Waals surface area contributed by atoms with Crippen molar-refractivity contribution >= 4 is 0 Å². The Morgan fingerprint density at radius 1 is 1.07 bits per heavy atom. The quantitative estimate of drug-likeness (QED) is 0.526. The fourth-order valence-electron chi connectivity index (χ4n) is 2.49. The number of methoxy groups -OCH3 is 1. The molecular formula is C21H28FNO4. The minimum atomic E-state index is -0.624. The highest BCUT2D eigenvalue weighted by atomic mass is 19.1. The first-order chi connectivity index (χ1) is 13.2. The molecule has 0 amide bonds. The second-order valence-corrected chi connectivity index (χ2v) is 6.20. The van der Waals surface area contributed by atoms with Gasteiger partial charge in [0.25, 0.3) is 0 Å². The lowest BCUT2D eigenvalue weighted by atomic mass is 10.1. The van der Waals surface area contributed by atoms with Crippen LogP contribution >= 0.6 is 0 Å². The molecule has 0 aliphatic carbocycles. The third kappa shape index (κ3) is 8.49. The summed E-state index contributed by atoms with van der Waals surface area (Å²) in [5, 5.41) is 13.3. The lowest BCUT2D eigenvalue weighted by Gasteiger charge is -2.16. The van der Waals surface area contributed by atoms with Gasteiger partial charge in [-0.3, -0.25) is 0 Å². The van der Waals surface area contributed by atoms with Crippen molar-refractivity contribution in [2.75, 3.05) is 40.0 Å². The van der Waals surface area contributed by atoms with E-state index >= 15 is 0 Å². The number of halogens is 1. The number of ether oxygens (including phenoxy) is 3. The van der Waals surface area contributed by atoms with Crippen molar-refractivity contribution in [3.8, 4) is 5.75 Å². The molecule has 0 saturated carbocycles. The molecule has 0 saturated heterocycles. The van der Waals surface area contributed by atoms with Gasteiger partial charge in [-0.2, -0.15) is 0 Å². The van der Waals surface area contributed by atoms with Crippen LogP contribution in [0.15, 0.2) is 48.5 Å². The van der Waals surface area contributed by atoms with Gasteiger partial charge in [0.15, 0.2) is 0 Å². The van der Waals surface area contributed by atoms with Gasteiger partial charge < -0.3 is 24.6 Å². The summed E-state index contributed by atoms with van der Waals surface area (Å²) < 4.78 is 29.1. The maximum Gasteiger partial charge on any atom is 0.124 e. The van der Waals surface area contributed by atoms with Crippen molar-refractivity contribution in [1.29, 1.82) is 0 Å². The molecule has 0 radical (unpaired) electrons. The van der Waals surface area contributed by atoms with E-state index in [1.54, 1.807) is 19.2 Å². The van der Waals surface area contributed by atoms with Gasteiger partial charge in [-0.25, -0.2) is 4.39 Å². The summed E-state index contributed by atoms with van der Waals surface area (Å²) in [6.45, 7) is 2.82. The third-order valence-electron chi connectivity index (χ3n) is 3.98. The highest BCUT2D eigenvalue weighted by molar-refractivity contribution is 5.32. The molecule has 0 aliphatic heterocycles. The lowest BCUT2D eigenvalue weighted by molar-refractivity contribution is 0.0591. The Labute approximate surface area is 160 Å². The smallest absolute Gasteiger partial charge is 0.124 e. The van der Waals surface area contributed by atoms with Gasteiger partial charge in [0.2, 0.25) is 0 Å². The molecule has 6 heteroatoms. The monoisotopic (exact) mass is 377 g/mol. The fraction of sp³-hybridized carbons (Fsp3) is 0.429. The minimum Gasteiger partial charge on any atom is -0.490 e. The lowest BCUT2D eigenvalue weighted by Crippen LogP contribution is -2.32. The van der Waals surface area contributed by atoms with Crippen molar-refractivity contribution < 1.29 is 23.7 Å². The number of hydrogen-bond donors (Lipinski definition) is 2. The molecule has 0 aliphatic rings. The first-order valence-corrected chi connectivity index (χ1v) is 9.09. The summed E-state index contributed by atoms with van der Waals surface area (Å²) in [4.78, 5) is 0. The van der Waals surface area contributed by atoms with E-state index in [4.69, 9.17) is 14.2 Å². The predicted octanol–water partition coefficient (Wildman–Crippen LogP) is 2.56. The number of para-hydroxylation sites is 1. The van der Waals surface area contributed by atoms with Crippen LogP contribution in [0.25, 0.3) is 0 Å². The number of nitrogens with one attached hydrogen (secondary N) is 1. The molecule has 148 valence electrons. The number of hydrogen-bond acceptors (Lipinski definition) is 5. The van der Waals surface area contributed by atoms with E-state index in [1.807, 2.05) is 24.3 Å². The molecule has 0 bridgehead atoms. The van der Waals surface area contributed by atoms with Crippen LogP contribution in [0.3, 0.4) is 0 Å². The highest BCUT2D eigenvalue weighted by Crippen LogP contribution is 2.19. The second-order valence-electron chi connectivity index (χ2n) is 6.20. The zero-order valence-electron chi connectivity index (χ0n) is 15.7. The molecule has 2 rings (SSSR count). The zero-order chi connectivity index (χ0) is 19.3. The average Bonchev–Trinajstić information content (AvgIpc) is 2.69. The Morgan fingerprint density at radius 3 is 2.63 bits per heavy atom. The standard InChI is InChI=1S/C21H28FNO4/c1-25-12-13-26-15-18-4-2-3-5-21(18)27-16-20(24)14-23-11-10-17-6-8-19(22)9-7-17/h2-9,20,23-24H,10-16H2,1H3. The van der Waals surface area contributed by atoms with Crippen LogP contribution in [0.5, 0.6) is 5.75 Å². The van der Waals surface area contributed by atoms with Gasteiger partial charge in [-0.05, 0) is 36.7 Å². The van der Waals surface area contributed by atoms with E-state index in [0.717, 1.165) is 17.5 Å². The highest BCUT2D eigenvalue weighted by Gasteiger charge is 2.08. The van der Waals surface area contributed by atoms with E-state index in [0.29, 0.717) is 38.7 Å². The van der Waals surface area contributed by atoms with Crippen molar-refractivity contribution in [1.82, 2.24) is 5.32 Å². The summed E-state index contributed by atoms with van der Waals surface area (Å²) in [7, 11) is 1.63. The van der Waals surface area contributed by atoms with Crippen molar-refractivity contribution in [2.24, 2.45) is 0 Å². The summed E-state index contributed by atoms with van der Waals surface area (Å²) >= 11 is 0. The van der Waals surface area contributed by atoms with E-state index in [9.17, 15) is 9.50 Å². The Morgan fingerprint density at radius 2 is 1.85 bits per heavy atom. The maximum absolute atomic E-state index is 12.9. The van der Waals surface area contributed by atoms with Gasteiger partial charge >= 0.3 is 0 Å². The van der Waals surface area contributed by atoms with E-state index in [-0.39, 0.29) is 12.4 Å². The first kappa shape index (κ1) is 21.3. The number of benzene rings is 2. The van der Waals surface area contributed by atoms with Gasteiger partial charge in [0.1, 0.15) is 24.3 Å². The average molecular weight is 377 g/mol. The summed E-state index contributed by atoms with van der Waals surface area (Å²) in [6.07, 6.45) is 0.149. The van der Waals surface area contributed by atoms with Gasteiger partial charge in [0.05, 0.1) is 19.8 Å². The normalized spacial score (nSPS) is 12.1. The van der Waals surface area contributed by atoms with Crippen molar-refractivity contribution in [2.45, 2.75) is 19.1 Å². The largest absolute Gasteiger partial charge is 0.490 e. The van der Waals surface area contributed by atoms with Crippen LogP contribution in [-0.2, 0) is 22.5 Å². The van der Waals surface area contributed by atoms with Gasteiger partial charge in [-0.15, -0.1) is 0 Å². The third-order valence-corrected chi connectivity index (χ3v) is 3.98. The summed E-state index contributed by atoms with van der Waals surface area (Å²) in [5.41, 5.74) is 1.99. The van der Waals surface area contributed by atoms with Crippen LogP contribution < -0.4 is 10.1 Å². The second kappa shape index (κ2) is 12.4. The van der Waals surface area contributed by atoms with Crippen LogP contribution in [0.2, 0.25) is 0 Å². The molecule has 2 N–H and O–H groups in total. The number of aliphatic hydroxyl groups is 1. The predicted molar refractivity (Wildman–Crippen MR) is 102 cm³/mol. The molecular weight excluding hydrogens is 349 g/mol. The molecule has 0 aromatic heterocycles. The van der Waals surface area contributed by atoms with E-state index in [2.05, 4.69) is 5.32 Å². The maximum atomic E-state index is 12.9. The van der Waals surface area contributed by atoms with E-state index in [1.165, 1.54) is 12.1 Å². The fourth-order valence-corrected chi connectivity index (χ4v) is 2.49. The Balaban J connectivity index is 1.66. The molecule has 0 heterocycles. The first-order valence-electron chi connectivity index (χ1n) is 9.09. The van der Waals surface area contributed by atoms with Gasteiger partial charge in [-0.1, -0.05) is 30.3 Å². The summed E-state index contributed by atoms with van der Waals surface area (Å²) in [6, 6.07) is 14.1. The molecule has 27 heavy (non-hydrogen) atoms. The minimum absolute atomic E-state index is 0.193. The van der Waals surface area contributed by atoms with Gasteiger partial charge in [0, 0.05) is 19.2 Å². The molecule has 2 aromatic carbocycles. The van der Waals surface area contributed by atoms with Crippen LogP contribution in [0.1, 0.15) is 11.1 Å². The van der Waals surface area contributed by atoms with E-state index < -0.39 is 6.10 Å². The molecule has 0 fully saturated rings. The zero-order valence-corrected chi connectivity index (χ0v) is 15.7. The van der Waals surface area contributed by atoms with Crippen molar-refractivity contribution in [3.63, 3.8) is 0 Å². The SMILES string of the molecule is COCCOCc1ccccc1OCC(O)CNCCc1ccc(F)cc1. The molecule has 5 nitrogen and oxygen atoms in total. The molecule has 1 atom stereocenters. The molecule has 1 unspecified atom stereocenters. The summed E-state index contributed by atoms with van der Waals surface area (Å²) in [5.74, 6) is 0.476. The Hall–Kier alpha value is -1.99. The van der Waals surface area contributed by atoms with Crippen LogP contribution in [0, 0.1) is 5.82 Å². The number of aliphatic hydroxyl groups excluding tert-OH is 1. The molecule has 0 spiro atoms. The van der Waals surface area contributed by atoms with Crippen molar-refractivity contribution in [3.05, 3.63) is 65.5 Å².